The van der Waals surface area contributed by atoms with E-state index in [1.54, 1.807) is 0 Å². The van der Waals surface area contributed by atoms with Gasteiger partial charge in [-0.3, -0.25) is 13.9 Å². The predicted octanol–water partition coefficient (Wildman–Crippen LogP) is 4.82. The molecule has 3 rings (SSSR count). The van der Waals surface area contributed by atoms with E-state index in [9.17, 15) is 31.2 Å². The van der Waals surface area contributed by atoms with Gasteiger partial charge in [0.25, 0.3) is 0 Å². The van der Waals surface area contributed by atoms with Gasteiger partial charge in [-0.1, -0.05) is 49.4 Å². The average Bonchev–Trinajstić information content (AvgIpc) is 2.94. The molecule has 0 aliphatic carbocycles. The third kappa shape index (κ3) is 9.34. The lowest BCUT2D eigenvalue weighted by molar-refractivity contribution is -0.141. The number of halogens is 3. The maximum Gasteiger partial charge on any atom is 0.243 e. The van der Waals surface area contributed by atoms with Crippen molar-refractivity contribution in [1.82, 2.24) is 10.2 Å². The van der Waals surface area contributed by atoms with Crippen molar-refractivity contribution in [1.29, 1.82) is 0 Å². The molecule has 7 nitrogen and oxygen atoms in total. The highest BCUT2D eigenvalue weighted by molar-refractivity contribution is 7.92. The first kappa shape index (κ1) is 31.7. The number of hydrogen-bond acceptors (Lipinski definition) is 4. The summed E-state index contributed by atoms with van der Waals surface area (Å²) in [6, 6.07) is 16.7. The summed E-state index contributed by atoms with van der Waals surface area (Å²) in [6.07, 6.45) is 1.77. The Morgan fingerprint density at radius 1 is 0.902 bits per heavy atom. The van der Waals surface area contributed by atoms with Crippen molar-refractivity contribution in [2.45, 2.75) is 45.2 Å². The fourth-order valence-electron chi connectivity index (χ4n) is 4.35. The molecule has 1 atom stereocenters. The summed E-state index contributed by atoms with van der Waals surface area (Å²) in [4.78, 5) is 28.4. The Kier molecular flexibility index (Phi) is 11.3. The van der Waals surface area contributed by atoms with E-state index in [0.717, 1.165) is 34.3 Å². The van der Waals surface area contributed by atoms with Crippen LogP contribution in [0.15, 0.2) is 72.8 Å². The van der Waals surface area contributed by atoms with E-state index < -0.39 is 39.4 Å². The van der Waals surface area contributed by atoms with Crippen LogP contribution in [0.4, 0.5) is 18.9 Å². The van der Waals surface area contributed by atoms with Crippen LogP contribution in [0.3, 0.4) is 0 Å². The highest BCUT2D eigenvalue weighted by Gasteiger charge is 2.30. The summed E-state index contributed by atoms with van der Waals surface area (Å²) in [6.45, 7) is 2.18. The number of rotatable bonds is 14. The van der Waals surface area contributed by atoms with Crippen LogP contribution in [0.25, 0.3) is 0 Å². The minimum Gasteiger partial charge on any atom is -0.354 e. The zero-order valence-corrected chi connectivity index (χ0v) is 23.8. The van der Waals surface area contributed by atoms with Gasteiger partial charge in [-0.15, -0.1) is 0 Å². The van der Waals surface area contributed by atoms with Crippen LogP contribution in [0.1, 0.15) is 37.3 Å². The summed E-state index contributed by atoms with van der Waals surface area (Å²) in [5.41, 5.74) is 1.38. The van der Waals surface area contributed by atoms with Crippen LogP contribution < -0.4 is 9.62 Å². The molecule has 41 heavy (non-hydrogen) atoms. The molecule has 2 amide bonds. The number of nitrogens with zero attached hydrogens (tertiary/aromatic N) is 2. The van der Waals surface area contributed by atoms with E-state index in [-0.39, 0.29) is 43.9 Å². The lowest BCUT2D eigenvalue weighted by atomic mass is 10.0. The van der Waals surface area contributed by atoms with Gasteiger partial charge in [0.05, 0.1) is 11.9 Å². The van der Waals surface area contributed by atoms with Gasteiger partial charge in [0, 0.05) is 38.5 Å². The molecule has 0 saturated heterocycles. The van der Waals surface area contributed by atoms with Crippen molar-refractivity contribution in [3.63, 3.8) is 0 Å². The first-order valence-corrected chi connectivity index (χ1v) is 15.1. The van der Waals surface area contributed by atoms with Crippen LogP contribution >= 0.6 is 0 Å². The molecule has 3 aromatic carbocycles. The highest BCUT2D eigenvalue weighted by Crippen LogP contribution is 2.22. The van der Waals surface area contributed by atoms with Gasteiger partial charge in [0.2, 0.25) is 21.8 Å². The van der Waals surface area contributed by atoms with Gasteiger partial charge in [-0.2, -0.15) is 0 Å². The van der Waals surface area contributed by atoms with Crippen LogP contribution in [0.5, 0.6) is 0 Å². The maximum absolute atomic E-state index is 13.8. The first-order valence-electron chi connectivity index (χ1n) is 13.3. The minimum absolute atomic E-state index is 0.0229. The Labute approximate surface area is 239 Å². The van der Waals surface area contributed by atoms with Gasteiger partial charge in [0.1, 0.15) is 11.9 Å². The number of amides is 2. The molecule has 0 radical (unpaired) electrons. The molecule has 3 aromatic rings. The van der Waals surface area contributed by atoms with Crippen LogP contribution in [0, 0.1) is 17.5 Å². The van der Waals surface area contributed by atoms with Crippen molar-refractivity contribution in [2.75, 3.05) is 23.7 Å². The molecule has 0 aromatic heterocycles. The van der Waals surface area contributed by atoms with E-state index in [4.69, 9.17) is 0 Å². The maximum atomic E-state index is 13.8. The number of hydrogen-bond donors (Lipinski definition) is 1. The fourth-order valence-corrected chi connectivity index (χ4v) is 5.31. The van der Waals surface area contributed by atoms with Gasteiger partial charge in [-0.25, -0.2) is 21.6 Å². The van der Waals surface area contributed by atoms with Crippen LogP contribution in [0.2, 0.25) is 0 Å². The van der Waals surface area contributed by atoms with Gasteiger partial charge < -0.3 is 10.2 Å². The third-order valence-corrected chi connectivity index (χ3v) is 7.62. The van der Waals surface area contributed by atoms with Crippen molar-refractivity contribution < 1.29 is 31.2 Å². The number of nitrogens with one attached hydrogen (secondary N) is 1. The minimum atomic E-state index is -3.88. The van der Waals surface area contributed by atoms with E-state index in [1.165, 1.54) is 29.2 Å². The quantitative estimate of drug-likeness (QED) is 0.292. The van der Waals surface area contributed by atoms with Crippen LogP contribution in [-0.2, 0) is 32.6 Å². The van der Waals surface area contributed by atoms with E-state index >= 15 is 0 Å². The lowest BCUT2D eigenvalue weighted by Gasteiger charge is -2.32. The Morgan fingerprint density at radius 2 is 1.59 bits per heavy atom. The molecule has 1 unspecified atom stereocenters. The highest BCUT2D eigenvalue weighted by atomic mass is 32.2. The second-order valence-corrected chi connectivity index (χ2v) is 11.6. The van der Waals surface area contributed by atoms with Gasteiger partial charge in [-0.05, 0) is 48.2 Å². The summed E-state index contributed by atoms with van der Waals surface area (Å²) in [5, 5.41) is 2.86. The Bertz CT molecular complexity index is 1420. The largest absolute Gasteiger partial charge is 0.354 e. The topological polar surface area (TPSA) is 86.8 Å². The fraction of sp³-hybridized carbons (Fsp3) is 0.333. The zero-order valence-electron chi connectivity index (χ0n) is 23.0. The number of carbonyl (C=O) groups excluding carboxylic acids is 2. The lowest BCUT2D eigenvalue weighted by Crippen LogP contribution is -2.50. The standard InChI is InChI=1S/C30H34F3N3O4S/c1-3-17-34-30(38)28(19-22-8-5-4-6-9-22)35(21-23-11-13-24(31)14-12-23)29(37)10-7-18-36(41(2,39)40)25-15-16-26(32)27(33)20-25/h4-6,8-9,11-16,20,28H,3,7,10,17-19,21H2,1-2H3,(H,34,38). The van der Waals surface area contributed by atoms with E-state index in [0.29, 0.717) is 18.5 Å². The smallest absolute Gasteiger partial charge is 0.243 e. The number of carbonyl (C=O) groups is 2. The Morgan fingerprint density at radius 3 is 2.20 bits per heavy atom. The van der Waals surface area contributed by atoms with E-state index in [1.807, 2.05) is 37.3 Å². The molecule has 11 heteroatoms. The molecule has 1 N–H and O–H groups in total. The molecule has 0 aliphatic heterocycles. The third-order valence-electron chi connectivity index (χ3n) is 6.43. The summed E-state index contributed by atoms with van der Waals surface area (Å²) >= 11 is 0. The predicted molar refractivity (Wildman–Crippen MR) is 152 cm³/mol. The SMILES string of the molecule is CCCNC(=O)C(Cc1ccccc1)N(Cc1ccc(F)cc1)C(=O)CCCN(c1ccc(F)c(F)c1)S(C)(=O)=O. The molecule has 0 bridgehead atoms. The molecule has 0 aliphatic rings. The summed E-state index contributed by atoms with van der Waals surface area (Å²) < 4.78 is 66.6. The second-order valence-electron chi connectivity index (χ2n) is 9.68. The number of sulfonamides is 1. The Balaban J connectivity index is 1.87. The van der Waals surface area contributed by atoms with Gasteiger partial charge >= 0.3 is 0 Å². The molecule has 220 valence electrons. The summed E-state index contributed by atoms with van der Waals surface area (Å²) in [7, 11) is -3.88. The first-order chi connectivity index (χ1) is 19.5. The summed E-state index contributed by atoms with van der Waals surface area (Å²) in [5.74, 6) is -3.50. The van der Waals surface area contributed by atoms with Crippen molar-refractivity contribution in [2.24, 2.45) is 0 Å². The van der Waals surface area contributed by atoms with Crippen LogP contribution in [-0.4, -0.2) is 50.5 Å². The average molecular weight is 590 g/mol. The normalized spacial score (nSPS) is 12.0. The Hall–Kier alpha value is -3.86. The molecule has 0 heterocycles. The molecule has 0 spiro atoms. The second kappa shape index (κ2) is 14.7. The van der Waals surface area contributed by atoms with Gasteiger partial charge in [0.15, 0.2) is 11.6 Å². The molecule has 0 fully saturated rings. The number of benzene rings is 3. The molecular formula is C30H34F3N3O4S. The monoisotopic (exact) mass is 589 g/mol. The van der Waals surface area contributed by atoms with Crippen molar-refractivity contribution in [3.8, 4) is 0 Å². The molecule has 0 saturated carbocycles. The van der Waals surface area contributed by atoms with Crippen molar-refractivity contribution >= 4 is 27.5 Å². The van der Waals surface area contributed by atoms with E-state index in [2.05, 4.69) is 5.32 Å². The zero-order chi connectivity index (χ0) is 30.0. The number of anilines is 1. The van der Waals surface area contributed by atoms with Crippen molar-refractivity contribution in [3.05, 3.63) is 101 Å². The molecular weight excluding hydrogens is 555 g/mol.